The Morgan fingerprint density at radius 1 is 0.654 bits per heavy atom. The zero-order chi connectivity index (χ0) is 18.8. The maximum atomic E-state index is 10.4. The van der Waals surface area contributed by atoms with Crippen LogP contribution in [0, 0.1) is 0 Å². The van der Waals surface area contributed by atoms with Gasteiger partial charge in [-0.2, -0.15) is 0 Å². The number of hydrogen-bond acceptors (Lipinski definition) is 2. The first kappa shape index (κ1) is 28.4. The molecule has 2 unspecified atom stereocenters. The van der Waals surface area contributed by atoms with Crippen molar-refractivity contribution in [2.24, 2.45) is 5.73 Å². The summed E-state index contributed by atoms with van der Waals surface area (Å²) in [4.78, 5) is 0. The van der Waals surface area contributed by atoms with E-state index >= 15 is 0 Å². The summed E-state index contributed by atoms with van der Waals surface area (Å²) >= 11 is 0. The third-order valence-corrected chi connectivity index (χ3v) is 5.66. The highest BCUT2D eigenvalue weighted by molar-refractivity contribution is 5.85. The second-order valence-electron chi connectivity index (χ2n) is 8.51. The normalized spacial score (nSPS) is 14.7. The van der Waals surface area contributed by atoms with Crippen LogP contribution < -0.4 is 5.73 Å². The predicted molar refractivity (Wildman–Crippen MR) is 120 cm³/mol. The summed E-state index contributed by atoms with van der Waals surface area (Å²) in [6.45, 7) is 6.57. The SMILES string of the molecule is CCCCCCCCCCC(O)C(C)(N)CCCCCCCCCC.Cl. The molecule has 26 heavy (non-hydrogen) atoms. The van der Waals surface area contributed by atoms with E-state index in [9.17, 15) is 5.11 Å². The van der Waals surface area contributed by atoms with Crippen molar-refractivity contribution in [1.82, 2.24) is 0 Å². The molecule has 0 saturated heterocycles. The minimum Gasteiger partial charge on any atom is -0.391 e. The Labute approximate surface area is 171 Å². The van der Waals surface area contributed by atoms with Crippen LogP contribution in [0.3, 0.4) is 0 Å². The molecule has 0 aromatic heterocycles. The van der Waals surface area contributed by atoms with E-state index in [1.807, 2.05) is 6.92 Å². The molecule has 3 heteroatoms. The molecule has 0 aliphatic heterocycles. The molecule has 0 amide bonds. The van der Waals surface area contributed by atoms with Crippen molar-refractivity contribution >= 4 is 12.4 Å². The van der Waals surface area contributed by atoms with E-state index in [-0.39, 0.29) is 18.5 Å². The van der Waals surface area contributed by atoms with Crippen molar-refractivity contribution in [3.8, 4) is 0 Å². The molecule has 0 aromatic carbocycles. The number of aliphatic hydroxyl groups is 1. The first-order valence-corrected chi connectivity index (χ1v) is 11.5. The summed E-state index contributed by atoms with van der Waals surface area (Å²) < 4.78 is 0. The van der Waals surface area contributed by atoms with Crippen molar-refractivity contribution < 1.29 is 5.11 Å². The molecule has 2 nitrogen and oxygen atoms in total. The van der Waals surface area contributed by atoms with Crippen molar-refractivity contribution in [2.45, 2.75) is 148 Å². The van der Waals surface area contributed by atoms with E-state index in [0.29, 0.717) is 0 Å². The van der Waals surface area contributed by atoms with Gasteiger partial charge in [-0.3, -0.25) is 0 Å². The number of nitrogens with two attached hydrogens (primary N) is 1. The summed E-state index contributed by atoms with van der Waals surface area (Å²) in [6, 6.07) is 0. The topological polar surface area (TPSA) is 46.2 Å². The molecule has 0 fully saturated rings. The van der Waals surface area contributed by atoms with E-state index in [1.165, 1.54) is 89.9 Å². The second-order valence-corrected chi connectivity index (χ2v) is 8.51. The summed E-state index contributed by atoms with van der Waals surface area (Å²) in [5.74, 6) is 0. The van der Waals surface area contributed by atoms with Gasteiger partial charge in [0.15, 0.2) is 0 Å². The Morgan fingerprint density at radius 3 is 1.42 bits per heavy atom. The van der Waals surface area contributed by atoms with Gasteiger partial charge in [-0.25, -0.2) is 0 Å². The Bertz CT molecular complexity index is 271. The Hall–Kier alpha value is 0.210. The molecular weight excluding hydrogens is 342 g/mol. The molecule has 0 spiro atoms. The van der Waals surface area contributed by atoms with Crippen LogP contribution in [-0.4, -0.2) is 16.7 Å². The quantitative estimate of drug-likeness (QED) is 0.223. The van der Waals surface area contributed by atoms with Crippen LogP contribution in [0.25, 0.3) is 0 Å². The fourth-order valence-corrected chi connectivity index (χ4v) is 3.61. The monoisotopic (exact) mass is 391 g/mol. The van der Waals surface area contributed by atoms with Gasteiger partial charge in [0.2, 0.25) is 0 Å². The molecule has 0 radical (unpaired) electrons. The van der Waals surface area contributed by atoms with Crippen LogP contribution in [0.15, 0.2) is 0 Å². The largest absolute Gasteiger partial charge is 0.391 e. The smallest absolute Gasteiger partial charge is 0.0716 e. The van der Waals surface area contributed by atoms with Crippen LogP contribution in [0.4, 0.5) is 0 Å². The van der Waals surface area contributed by atoms with E-state index in [2.05, 4.69) is 13.8 Å². The molecule has 0 heterocycles. The lowest BCUT2D eigenvalue weighted by atomic mass is 9.86. The van der Waals surface area contributed by atoms with Gasteiger partial charge in [0.25, 0.3) is 0 Å². The van der Waals surface area contributed by atoms with E-state index < -0.39 is 5.54 Å². The van der Waals surface area contributed by atoms with Gasteiger partial charge in [-0.1, -0.05) is 117 Å². The maximum absolute atomic E-state index is 10.4. The lowest BCUT2D eigenvalue weighted by Gasteiger charge is -2.30. The van der Waals surface area contributed by atoms with Gasteiger partial charge in [0.05, 0.1) is 6.10 Å². The first-order chi connectivity index (χ1) is 12.0. The first-order valence-electron chi connectivity index (χ1n) is 11.5. The van der Waals surface area contributed by atoms with Crippen molar-refractivity contribution in [3.63, 3.8) is 0 Å². The highest BCUT2D eigenvalue weighted by Gasteiger charge is 2.27. The number of halogens is 1. The standard InChI is InChI=1S/C23H49NO.ClH/c1-4-6-8-10-12-14-16-18-20-22(25)23(3,24)21-19-17-15-13-11-9-7-5-2;/h22,25H,4-21,24H2,1-3H3;1H. The maximum Gasteiger partial charge on any atom is 0.0716 e. The predicted octanol–water partition coefficient (Wildman–Crippen LogP) is 7.55. The number of aliphatic hydroxyl groups excluding tert-OH is 1. The van der Waals surface area contributed by atoms with Crippen molar-refractivity contribution in [1.29, 1.82) is 0 Å². The van der Waals surface area contributed by atoms with Crippen LogP contribution in [0.5, 0.6) is 0 Å². The minimum absolute atomic E-state index is 0. The summed E-state index contributed by atoms with van der Waals surface area (Å²) in [5, 5.41) is 10.4. The number of rotatable bonds is 19. The number of hydrogen-bond donors (Lipinski definition) is 2. The van der Waals surface area contributed by atoms with Gasteiger partial charge in [0.1, 0.15) is 0 Å². The van der Waals surface area contributed by atoms with Crippen molar-refractivity contribution in [2.75, 3.05) is 0 Å². The molecule has 0 aromatic rings. The Balaban J connectivity index is 0. The summed E-state index contributed by atoms with van der Waals surface area (Å²) in [7, 11) is 0. The highest BCUT2D eigenvalue weighted by atomic mass is 35.5. The van der Waals surface area contributed by atoms with Gasteiger partial charge in [-0.15, -0.1) is 12.4 Å². The molecule has 0 aliphatic rings. The molecule has 2 atom stereocenters. The Morgan fingerprint density at radius 2 is 1.00 bits per heavy atom. The molecule has 3 N–H and O–H groups in total. The molecule has 0 saturated carbocycles. The molecule has 160 valence electrons. The average molecular weight is 392 g/mol. The second kappa shape index (κ2) is 20.0. The van der Waals surface area contributed by atoms with Crippen LogP contribution >= 0.6 is 12.4 Å². The van der Waals surface area contributed by atoms with Gasteiger partial charge < -0.3 is 10.8 Å². The van der Waals surface area contributed by atoms with Gasteiger partial charge in [-0.05, 0) is 19.8 Å². The fraction of sp³-hybridized carbons (Fsp3) is 1.00. The summed E-state index contributed by atoms with van der Waals surface area (Å²) in [6.07, 6.45) is 22.6. The van der Waals surface area contributed by atoms with Crippen LogP contribution in [-0.2, 0) is 0 Å². The zero-order valence-electron chi connectivity index (χ0n) is 18.2. The highest BCUT2D eigenvalue weighted by Crippen LogP contribution is 2.21. The number of unbranched alkanes of at least 4 members (excludes halogenated alkanes) is 14. The average Bonchev–Trinajstić information content (AvgIpc) is 2.59. The van der Waals surface area contributed by atoms with Crippen LogP contribution in [0.1, 0.15) is 136 Å². The van der Waals surface area contributed by atoms with Crippen molar-refractivity contribution in [3.05, 3.63) is 0 Å². The lowest BCUT2D eigenvalue weighted by molar-refractivity contribution is 0.0763. The van der Waals surface area contributed by atoms with Gasteiger partial charge >= 0.3 is 0 Å². The molecule has 0 aliphatic carbocycles. The van der Waals surface area contributed by atoms with E-state index in [4.69, 9.17) is 5.73 Å². The molecule has 0 rings (SSSR count). The minimum atomic E-state index is -0.399. The third kappa shape index (κ3) is 17.6. The third-order valence-electron chi connectivity index (χ3n) is 5.66. The lowest BCUT2D eigenvalue weighted by Crippen LogP contribution is -2.48. The molecular formula is C23H50ClNO. The fourth-order valence-electron chi connectivity index (χ4n) is 3.61. The summed E-state index contributed by atoms with van der Waals surface area (Å²) in [5.41, 5.74) is 5.99. The molecule has 0 bridgehead atoms. The Kier molecular flexibility index (Phi) is 21.8. The zero-order valence-corrected chi connectivity index (χ0v) is 19.1. The van der Waals surface area contributed by atoms with E-state index in [1.54, 1.807) is 0 Å². The van der Waals surface area contributed by atoms with E-state index in [0.717, 1.165) is 25.7 Å². The van der Waals surface area contributed by atoms with Crippen LogP contribution in [0.2, 0.25) is 0 Å². The van der Waals surface area contributed by atoms with Gasteiger partial charge in [0, 0.05) is 5.54 Å².